The van der Waals surface area contributed by atoms with Crippen molar-refractivity contribution < 1.29 is 28.8 Å². The highest BCUT2D eigenvalue weighted by Crippen LogP contribution is 2.61. The van der Waals surface area contributed by atoms with Gasteiger partial charge in [0, 0.05) is 42.3 Å². The van der Waals surface area contributed by atoms with Gasteiger partial charge in [0.1, 0.15) is 35.8 Å². The summed E-state index contributed by atoms with van der Waals surface area (Å²) < 4.78 is 25.1. The average molecular weight is 483 g/mol. The van der Waals surface area contributed by atoms with Crippen LogP contribution in [0.2, 0.25) is 0 Å². The zero-order valence-electron chi connectivity index (χ0n) is 21.3. The summed E-state index contributed by atoms with van der Waals surface area (Å²) in [7, 11) is 1.68. The topological polar surface area (TPSA) is 74.2 Å². The van der Waals surface area contributed by atoms with Crippen molar-refractivity contribution in [1.29, 1.82) is 0 Å². The number of allylic oxidation sites excluding steroid dienone is 3. The molecule has 0 unspecified atom stereocenters. The Morgan fingerprint density at radius 3 is 2.71 bits per heavy atom. The van der Waals surface area contributed by atoms with Crippen molar-refractivity contribution >= 4 is 5.97 Å². The number of carbonyl (C=O) groups excluding carboxylic acids is 1. The van der Waals surface area contributed by atoms with Crippen LogP contribution in [0.5, 0.6) is 0 Å². The lowest BCUT2D eigenvalue weighted by Gasteiger charge is -2.49. The fraction of sp³-hybridized carbons (Fsp3) is 0.621. The molecule has 4 bridgehead atoms. The van der Waals surface area contributed by atoms with Gasteiger partial charge in [0.25, 0.3) is 0 Å². The summed E-state index contributed by atoms with van der Waals surface area (Å²) in [6.07, 6.45) is 11.5. The van der Waals surface area contributed by atoms with E-state index in [1.165, 1.54) is 0 Å². The molecule has 0 aromatic rings. The molecule has 3 aliphatic carbocycles. The van der Waals surface area contributed by atoms with E-state index >= 15 is 0 Å². The number of carbonyl (C=O) groups is 1. The maximum absolute atomic E-state index is 12.9. The van der Waals surface area contributed by atoms with Crippen molar-refractivity contribution in [2.75, 3.05) is 7.11 Å². The number of aliphatic hydroxyl groups excluding tert-OH is 1. The summed E-state index contributed by atoms with van der Waals surface area (Å²) in [5.41, 5.74) is 1.02. The van der Waals surface area contributed by atoms with Gasteiger partial charge in [0.05, 0.1) is 6.10 Å². The summed E-state index contributed by atoms with van der Waals surface area (Å²) in [6.45, 7) is 12.4. The first-order chi connectivity index (χ1) is 16.7. The van der Waals surface area contributed by atoms with Crippen LogP contribution in [-0.2, 0) is 23.7 Å². The monoisotopic (exact) mass is 482 g/mol. The minimum atomic E-state index is -0.713. The third-order valence-corrected chi connectivity index (χ3v) is 9.08. The van der Waals surface area contributed by atoms with Gasteiger partial charge in [0.15, 0.2) is 0 Å². The molecule has 6 nitrogen and oxygen atoms in total. The molecule has 6 heteroatoms. The summed E-state index contributed by atoms with van der Waals surface area (Å²) in [5.74, 6) is -0.0673. The van der Waals surface area contributed by atoms with Gasteiger partial charge in [-0.15, -0.1) is 0 Å². The molecule has 190 valence electrons. The van der Waals surface area contributed by atoms with Gasteiger partial charge < -0.3 is 24.1 Å². The molecule has 0 aromatic heterocycles. The van der Waals surface area contributed by atoms with Crippen molar-refractivity contribution in [2.45, 2.75) is 76.7 Å². The van der Waals surface area contributed by atoms with Crippen molar-refractivity contribution in [1.82, 2.24) is 0 Å². The summed E-state index contributed by atoms with van der Waals surface area (Å²) in [4.78, 5) is 12.9. The number of rotatable bonds is 3. The second kappa shape index (κ2) is 9.06. The Balaban J connectivity index is 1.55. The molecule has 1 saturated carbocycles. The van der Waals surface area contributed by atoms with Crippen molar-refractivity contribution in [3.63, 3.8) is 0 Å². The van der Waals surface area contributed by atoms with E-state index < -0.39 is 17.8 Å². The van der Waals surface area contributed by atoms with Crippen molar-refractivity contribution in [3.8, 4) is 0 Å². The number of ether oxygens (including phenoxy) is 4. The van der Waals surface area contributed by atoms with Gasteiger partial charge >= 0.3 is 5.97 Å². The van der Waals surface area contributed by atoms with E-state index in [9.17, 15) is 9.90 Å². The molecule has 2 aliphatic heterocycles. The average Bonchev–Trinajstić information content (AvgIpc) is 3.43. The van der Waals surface area contributed by atoms with Gasteiger partial charge in [-0.1, -0.05) is 56.9 Å². The van der Waals surface area contributed by atoms with Crippen LogP contribution in [0.15, 0.2) is 59.9 Å². The number of aliphatic hydroxyl groups is 1. The molecule has 5 aliphatic rings. The van der Waals surface area contributed by atoms with Crippen LogP contribution >= 0.6 is 0 Å². The van der Waals surface area contributed by atoms with E-state index in [0.717, 1.165) is 5.57 Å². The highest BCUT2D eigenvalue weighted by Gasteiger charge is 2.68. The molecule has 1 saturated heterocycles. The molecule has 0 amide bonds. The van der Waals surface area contributed by atoms with Gasteiger partial charge in [-0.05, 0) is 32.3 Å². The standard InChI is InChI=1S/C29H38O6/c1-15-13-16(2)29-21(14-23(32-6)19(5)33-18(15)4)11-12-22-24(29)25(30)17(3)26(27(22)35-29)34-28(31)20-9-7-8-10-20/h7-9,11-13,15,17-18,21-27,30H,5,10,14H2,1-4,6H3/b16-13+/t15-,17-,18+,21-,22-,23+,24+,25-,26-,27-,29+/m1/s1. The van der Waals surface area contributed by atoms with Crippen LogP contribution in [-0.4, -0.2) is 54.3 Å². The smallest absolute Gasteiger partial charge is 0.334 e. The minimum Gasteiger partial charge on any atom is -0.492 e. The maximum Gasteiger partial charge on any atom is 0.334 e. The fourth-order valence-electron chi connectivity index (χ4n) is 6.98. The largest absolute Gasteiger partial charge is 0.492 e. The Morgan fingerprint density at radius 1 is 1.26 bits per heavy atom. The van der Waals surface area contributed by atoms with E-state index in [-0.39, 0.29) is 53.9 Å². The van der Waals surface area contributed by atoms with E-state index in [0.29, 0.717) is 24.2 Å². The van der Waals surface area contributed by atoms with Crippen LogP contribution in [0.25, 0.3) is 0 Å². The number of hydrogen-bond donors (Lipinski definition) is 1. The number of methoxy groups -OCH3 is 1. The number of esters is 1. The highest BCUT2D eigenvalue weighted by molar-refractivity contribution is 5.90. The molecule has 2 fully saturated rings. The molecule has 0 radical (unpaired) electrons. The quantitative estimate of drug-likeness (QED) is 0.478. The SMILES string of the molecule is C=C1O[C@@H](C)[C@H](C)/C=C(\C)[C@]23O[C@@H]4[C@H](C=C[C@@H]2C[C@@H]1OC)[C@H]3[C@H](O)[C@@H](C)[C@H]4OC(=O)C1=CC=CC1. The van der Waals surface area contributed by atoms with Crippen LogP contribution in [0.1, 0.15) is 40.5 Å². The minimum absolute atomic E-state index is 0.0367. The van der Waals surface area contributed by atoms with Crippen LogP contribution in [0, 0.1) is 29.6 Å². The molecule has 1 N–H and O–H groups in total. The normalized spacial score (nSPS) is 47.9. The lowest BCUT2D eigenvalue weighted by molar-refractivity contribution is -0.165. The predicted molar refractivity (Wildman–Crippen MR) is 132 cm³/mol. The third-order valence-electron chi connectivity index (χ3n) is 9.08. The predicted octanol–water partition coefficient (Wildman–Crippen LogP) is 4.27. The molecular formula is C29H38O6. The maximum atomic E-state index is 12.9. The van der Waals surface area contributed by atoms with E-state index in [1.54, 1.807) is 13.2 Å². The lowest BCUT2D eigenvalue weighted by Crippen LogP contribution is -2.57. The second-order valence-electron chi connectivity index (χ2n) is 11.0. The first-order valence-electron chi connectivity index (χ1n) is 12.9. The Labute approximate surface area is 208 Å². The highest BCUT2D eigenvalue weighted by atomic mass is 16.6. The molecule has 11 atom stereocenters. The molecule has 35 heavy (non-hydrogen) atoms. The lowest BCUT2D eigenvalue weighted by atomic mass is 9.57. The molecule has 0 aromatic carbocycles. The summed E-state index contributed by atoms with van der Waals surface area (Å²) in [6, 6.07) is 0. The van der Waals surface area contributed by atoms with Crippen molar-refractivity contribution in [2.24, 2.45) is 29.6 Å². The van der Waals surface area contributed by atoms with Crippen LogP contribution in [0.3, 0.4) is 0 Å². The molecular weight excluding hydrogens is 444 g/mol. The third kappa shape index (κ3) is 3.76. The van der Waals surface area contributed by atoms with E-state index in [1.807, 2.05) is 26.0 Å². The summed E-state index contributed by atoms with van der Waals surface area (Å²) >= 11 is 0. The summed E-state index contributed by atoms with van der Waals surface area (Å²) in [5, 5.41) is 11.7. The Morgan fingerprint density at radius 2 is 2.03 bits per heavy atom. The Hall–Kier alpha value is -2.15. The first-order valence-corrected chi connectivity index (χ1v) is 12.9. The molecule has 5 rings (SSSR count). The number of hydrogen-bond acceptors (Lipinski definition) is 6. The Kier molecular flexibility index (Phi) is 6.35. The van der Waals surface area contributed by atoms with Crippen LogP contribution < -0.4 is 0 Å². The van der Waals surface area contributed by atoms with E-state index in [2.05, 4.69) is 38.7 Å². The van der Waals surface area contributed by atoms with Gasteiger partial charge in [-0.25, -0.2) is 4.79 Å². The van der Waals surface area contributed by atoms with Crippen molar-refractivity contribution in [3.05, 3.63) is 59.9 Å². The van der Waals surface area contributed by atoms with Gasteiger partial charge in [-0.2, -0.15) is 0 Å². The van der Waals surface area contributed by atoms with Gasteiger partial charge in [0.2, 0.25) is 0 Å². The molecule has 2 heterocycles. The van der Waals surface area contributed by atoms with E-state index in [4.69, 9.17) is 18.9 Å². The van der Waals surface area contributed by atoms with Gasteiger partial charge in [-0.3, -0.25) is 0 Å². The van der Waals surface area contributed by atoms with Crippen LogP contribution in [0.4, 0.5) is 0 Å². The fourth-order valence-corrected chi connectivity index (χ4v) is 6.98. The first kappa shape index (κ1) is 24.5. The zero-order valence-corrected chi connectivity index (χ0v) is 21.3. The molecule has 1 spiro atoms. The Bertz CT molecular complexity index is 1010. The zero-order chi connectivity index (χ0) is 25.1. The second-order valence-corrected chi connectivity index (χ2v) is 11.0.